The first kappa shape index (κ1) is 19.2. The maximum atomic E-state index is 12.0. The molecule has 0 aromatic heterocycles. The predicted octanol–water partition coefficient (Wildman–Crippen LogP) is 2.85. The molecular weight excluding hydrogens is 302 g/mol. The average molecular weight is 334 g/mol. The average Bonchev–Trinajstić information content (AvgIpc) is 2.41. The molecular formula is C15H31NO3SSi. The lowest BCUT2D eigenvalue weighted by atomic mass is 9.98. The fourth-order valence-corrected chi connectivity index (χ4v) is 3.57. The van der Waals surface area contributed by atoms with Crippen molar-refractivity contribution in [3.05, 3.63) is 0 Å². The molecule has 21 heavy (non-hydrogen) atoms. The van der Waals surface area contributed by atoms with E-state index in [-0.39, 0.29) is 5.41 Å². The van der Waals surface area contributed by atoms with Crippen LogP contribution in [0.25, 0.3) is 0 Å². The van der Waals surface area contributed by atoms with Crippen LogP contribution in [-0.2, 0) is 14.0 Å². The van der Waals surface area contributed by atoms with Crippen LogP contribution >= 0.6 is 11.8 Å². The molecule has 1 fully saturated rings. The minimum absolute atomic E-state index is 0.0551. The van der Waals surface area contributed by atoms with E-state index >= 15 is 0 Å². The van der Waals surface area contributed by atoms with Crippen LogP contribution in [0, 0.1) is 5.41 Å². The second-order valence-corrected chi connectivity index (χ2v) is 13.0. The minimum Gasteiger partial charge on any atom is -0.417 e. The molecule has 0 aliphatic carbocycles. The maximum absolute atomic E-state index is 12.0. The number of hydrogen-bond donors (Lipinski definition) is 0. The van der Waals surface area contributed by atoms with Crippen LogP contribution < -0.4 is 0 Å². The van der Waals surface area contributed by atoms with E-state index in [9.17, 15) is 4.79 Å². The van der Waals surface area contributed by atoms with Crippen molar-refractivity contribution in [1.82, 2.24) is 4.90 Å². The number of nitrogens with zero attached hydrogens (tertiary/aromatic N) is 1. The van der Waals surface area contributed by atoms with Gasteiger partial charge in [-0.25, -0.2) is 0 Å². The summed E-state index contributed by atoms with van der Waals surface area (Å²) in [7, 11) is -1.47. The van der Waals surface area contributed by atoms with Crippen molar-refractivity contribution in [1.29, 1.82) is 0 Å². The molecule has 0 atom stereocenters. The Morgan fingerprint density at radius 3 is 2.48 bits per heavy atom. The second-order valence-electron chi connectivity index (χ2n) is 7.43. The second kappa shape index (κ2) is 8.67. The van der Waals surface area contributed by atoms with Crippen molar-refractivity contribution in [2.45, 2.75) is 39.9 Å². The summed E-state index contributed by atoms with van der Waals surface area (Å²) in [6, 6.07) is 0. The van der Waals surface area contributed by atoms with Gasteiger partial charge < -0.3 is 9.16 Å². The molecule has 1 rings (SSSR count). The van der Waals surface area contributed by atoms with Crippen LogP contribution in [0.1, 0.15) is 20.3 Å². The summed E-state index contributed by atoms with van der Waals surface area (Å²) in [5, 5.41) is 0.294. The molecule has 4 nitrogen and oxygen atoms in total. The summed E-state index contributed by atoms with van der Waals surface area (Å²) in [4.78, 5) is 14.3. The molecule has 1 saturated heterocycles. The third kappa shape index (κ3) is 9.68. The number of carbonyl (C=O) groups excluding carboxylic acids is 1. The number of morpholine rings is 1. The van der Waals surface area contributed by atoms with Gasteiger partial charge >= 0.3 is 0 Å². The molecule has 0 unspecified atom stereocenters. The van der Waals surface area contributed by atoms with E-state index in [4.69, 9.17) is 9.16 Å². The van der Waals surface area contributed by atoms with E-state index in [0.29, 0.717) is 11.5 Å². The molecule has 0 aromatic carbocycles. The molecule has 0 spiro atoms. The van der Waals surface area contributed by atoms with E-state index in [1.54, 1.807) is 0 Å². The molecule has 0 amide bonds. The van der Waals surface area contributed by atoms with Crippen LogP contribution in [0.3, 0.4) is 0 Å². The van der Waals surface area contributed by atoms with Crippen molar-refractivity contribution in [3.8, 4) is 0 Å². The van der Waals surface area contributed by atoms with Gasteiger partial charge in [0.05, 0.1) is 13.2 Å². The van der Waals surface area contributed by atoms with Crippen LogP contribution in [-0.4, -0.2) is 63.5 Å². The number of ether oxygens (including phenoxy) is 1. The van der Waals surface area contributed by atoms with Crippen LogP contribution in [0.5, 0.6) is 0 Å². The van der Waals surface area contributed by atoms with Crippen molar-refractivity contribution in [2.24, 2.45) is 5.41 Å². The minimum atomic E-state index is -1.47. The lowest BCUT2D eigenvalue weighted by molar-refractivity contribution is -0.111. The number of rotatable bonds is 8. The Morgan fingerprint density at radius 2 is 1.90 bits per heavy atom. The van der Waals surface area contributed by atoms with Crippen molar-refractivity contribution >= 4 is 25.2 Å². The third-order valence-corrected chi connectivity index (χ3v) is 5.72. The summed E-state index contributed by atoms with van der Waals surface area (Å²) in [6.45, 7) is 16.0. The van der Waals surface area contributed by atoms with Gasteiger partial charge in [-0.05, 0) is 25.1 Å². The van der Waals surface area contributed by atoms with Crippen LogP contribution in [0.4, 0.5) is 0 Å². The van der Waals surface area contributed by atoms with E-state index in [0.717, 1.165) is 45.2 Å². The fourth-order valence-electron chi connectivity index (χ4n) is 1.88. The first-order chi connectivity index (χ1) is 9.68. The lowest BCUT2D eigenvalue weighted by Crippen LogP contribution is -2.37. The Bertz CT molecular complexity index is 325. The SMILES string of the molecule is CC(C)(CO[Si](C)(C)C)CSC(=O)CCN1CCOCC1. The van der Waals surface area contributed by atoms with Gasteiger partial charge in [0.25, 0.3) is 0 Å². The molecule has 0 N–H and O–H groups in total. The zero-order valence-corrected chi connectivity index (χ0v) is 16.1. The van der Waals surface area contributed by atoms with E-state index in [1.165, 1.54) is 11.8 Å². The third-order valence-electron chi connectivity index (χ3n) is 3.26. The van der Waals surface area contributed by atoms with E-state index in [1.807, 2.05) is 0 Å². The van der Waals surface area contributed by atoms with Crippen LogP contribution in [0.15, 0.2) is 0 Å². The number of hydrogen-bond acceptors (Lipinski definition) is 5. The maximum Gasteiger partial charge on any atom is 0.190 e. The molecule has 6 heteroatoms. The van der Waals surface area contributed by atoms with Gasteiger partial charge in [-0.15, -0.1) is 0 Å². The topological polar surface area (TPSA) is 38.8 Å². The smallest absolute Gasteiger partial charge is 0.190 e. The zero-order chi connectivity index (χ0) is 15.9. The van der Waals surface area contributed by atoms with Crippen molar-refractivity contribution in [2.75, 3.05) is 45.2 Å². The first-order valence-electron chi connectivity index (χ1n) is 7.78. The Morgan fingerprint density at radius 1 is 1.29 bits per heavy atom. The Balaban J connectivity index is 2.18. The van der Waals surface area contributed by atoms with Crippen LogP contribution in [0.2, 0.25) is 19.6 Å². The zero-order valence-electron chi connectivity index (χ0n) is 14.2. The summed E-state index contributed by atoms with van der Waals surface area (Å²) in [5.74, 6) is 0.833. The molecule has 0 radical (unpaired) electrons. The quantitative estimate of drug-likeness (QED) is 0.639. The Hall–Kier alpha value is 0.117. The highest BCUT2D eigenvalue weighted by Gasteiger charge is 2.24. The van der Waals surface area contributed by atoms with Gasteiger partial charge in [-0.1, -0.05) is 25.6 Å². The van der Waals surface area contributed by atoms with Gasteiger partial charge in [-0.3, -0.25) is 9.69 Å². The molecule has 0 bridgehead atoms. The first-order valence-corrected chi connectivity index (χ1v) is 12.2. The standard InChI is InChI=1S/C15H31NO3SSi/c1-15(2,12-19-21(3,4)5)13-20-14(17)6-7-16-8-10-18-11-9-16/h6-13H2,1-5H3. The highest BCUT2D eigenvalue weighted by Crippen LogP contribution is 2.25. The van der Waals surface area contributed by atoms with Crippen molar-refractivity contribution < 1.29 is 14.0 Å². The monoisotopic (exact) mass is 333 g/mol. The number of carbonyl (C=O) groups is 1. The normalized spacial score (nSPS) is 18.0. The highest BCUT2D eigenvalue weighted by atomic mass is 32.2. The van der Waals surface area contributed by atoms with Gasteiger partial charge in [0.2, 0.25) is 0 Å². The van der Waals surface area contributed by atoms with E-state index in [2.05, 4.69) is 38.4 Å². The van der Waals surface area contributed by atoms with Gasteiger partial charge in [0.15, 0.2) is 13.4 Å². The van der Waals surface area contributed by atoms with Gasteiger partial charge in [-0.2, -0.15) is 0 Å². The molecule has 0 saturated carbocycles. The Kier molecular flexibility index (Phi) is 7.91. The van der Waals surface area contributed by atoms with Crippen molar-refractivity contribution in [3.63, 3.8) is 0 Å². The molecule has 124 valence electrons. The summed E-state index contributed by atoms with van der Waals surface area (Å²) in [6.07, 6.45) is 0.635. The molecule has 1 heterocycles. The van der Waals surface area contributed by atoms with E-state index < -0.39 is 8.32 Å². The fraction of sp³-hybridized carbons (Fsp3) is 0.933. The van der Waals surface area contributed by atoms with Gasteiger partial charge in [0, 0.05) is 38.4 Å². The largest absolute Gasteiger partial charge is 0.417 e. The molecule has 1 aliphatic heterocycles. The predicted molar refractivity (Wildman–Crippen MR) is 92.4 cm³/mol. The summed E-state index contributed by atoms with van der Waals surface area (Å²) >= 11 is 1.46. The van der Waals surface area contributed by atoms with Gasteiger partial charge in [0.1, 0.15) is 0 Å². The number of thioether (sulfide) groups is 1. The molecule has 0 aromatic rings. The lowest BCUT2D eigenvalue weighted by Gasteiger charge is -2.29. The molecule has 1 aliphatic rings. The highest BCUT2D eigenvalue weighted by molar-refractivity contribution is 8.13. The Labute approximate surface area is 135 Å². The summed E-state index contributed by atoms with van der Waals surface area (Å²) in [5.41, 5.74) is 0.0551. The summed E-state index contributed by atoms with van der Waals surface area (Å²) < 4.78 is 11.3.